The van der Waals surface area contributed by atoms with Crippen LogP contribution in [0.4, 0.5) is 0 Å². The highest BCUT2D eigenvalue weighted by Crippen LogP contribution is 2.15. The van der Waals surface area contributed by atoms with Gasteiger partial charge in [-0.1, -0.05) is 57.6 Å². The predicted molar refractivity (Wildman–Crippen MR) is 203 cm³/mol. The molecule has 1 aromatic carbocycles. The maximum Gasteiger partial charge on any atom is 0.119 e. The van der Waals surface area contributed by atoms with Crippen molar-refractivity contribution < 1.29 is 56.8 Å². The number of halogens is 1. The molecule has 0 heterocycles. The van der Waals surface area contributed by atoms with E-state index in [-0.39, 0.29) is 0 Å². The van der Waals surface area contributed by atoms with Crippen molar-refractivity contribution in [1.82, 2.24) is 0 Å². The van der Waals surface area contributed by atoms with Crippen LogP contribution in [0.2, 0.25) is 0 Å². The summed E-state index contributed by atoms with van der Waals surface area (Å²) < 4.78 is 65.9. The molecule has 0 aliphatic heterocycles. The summed E-state index contributed by atoms with van der Waals surface area (Å²) in [6.45, 7) is 14.3. The summed E-state index contributed by atoms with van der Waals surface area (Å²) in [6, 6.07) is 8.45. The molecule has 0 fully saturated rings. The fourth-order valence-electron chi connectivity index (χ4n) is 4.61. The third-order valence-electron chi connectivity index (χ3n) is 7.43. The van der Waals surface area contributed by atoms with Crippen LogP contribution in [-0.2, 0) is 58.5 Å². The molecule has 0 amide bonds. The van der Waals surface area contributed by atoms with Gasteiger partial charge in [0.05, 0.1) is 145 Å². The molecule has 12 nitrogen and oxygen atoms in total. The quantitative estimate of drug-likeness (QED) is 0.0594. The fraction of sp³-hybridized carbons (Fsp3) is 0.846. The molecule has 0 aromatic heterocycles. The molecule has 306 valence electrons. The Kier molecular flexibility index (Phi) is 40.1. The fourth-order valence-corrected chi connectivity index (χ4v) is 4.72. The number of rotatable bonds is 44. The van der Waals surface area contributed by atoms with Crippen molar-refractivity contribution in [3.05, 3.63) is 29.8 Å². The lowest BCUT2D eigenvalue weighted by atomic mass is 10.0. The highest BCUT2D eigenvalue weighted by atomic mass is 35.5. The molecule has 0 bridgehead atoms. The topological polar surface area (TPSA) is 111 Å². The first-order valence-electron chi connectivity index (χ1n) is 19.5. The summed E-state index contributed by atoms with van der Waals surface area (Å²) in [4.78, 5) is 0. The minimum Gasteiger partial charge on any atom is -0.491 e. The first kappa shape index (κ1) is 48.9. The highest BCUT2D eigenvalue weighted by molar-refractivity contribution is 6.17. The van der Waals surface area contributed by atoms with Gasteiger partial charge in [0.25, 0.3) is 0 Å². The Morgan fingerprint density at radius 3 is 0.962 bits per heavy atom. The summed E-state index contributed by atoms with van der Waals surface area (Å²) >= 11 is 5.52. The van der Waals surface area contributed by atoms with Gasteiger partial charge in [0.15, 0.2) is 0 Å². The minimum absolute atomic E-state index is 0.498. The monoisotopic (exact) mass is 766 g/mol. The summed E-state index contributed by atoms with van der Waals surface area (Å²) in [5, 5.41) is 0. The normalized spacial score (nSPS) is 11.5. The zero-order valence-electron chi connectivity index (χ0n) is 32.2. The van der Waals surface area contributed by atoms with E-state index in [4.69, 9.17) is 68.4 Å². The van der Waals surface area contributed by atoms with E-state index in [1.807, 2.05) is 0 Å². The molecule has 0 N–H and O–H groups in total. The number of alkyl halides is 1. The van der Waals surface area contributed by atoms with Crippen molar-refractivity contribution in [1.29, 1.82) is 0 Å². The summed E-state index contributed by atoms with van der Waals surface area (Å²) in [7, 11) is 0. The van der Waals surface area contributed by atoms with E-state index in [1.54, 1.807) is 0 Å². The van der Waals surface area contributed by atoms with E-state index >= 15 is 0 Å². The Bertz CT molecular complexity index is 808. The van der Waals surface area contributed by atoms with Gasteiger partial charge >= 0.3 is 0 Å². The van der Waals surface area contributed by atoms with Gasteiger partial charge < -0.3 is 56.8 Å². The Morgan fingerprint density at radius 2 is 0.635 bits per heavy atom. The molecule has 0 atom stereocenters. The Hall–Kier alpha value is -1.13. The number of benzene rings is 1. The van der Waals surface area contributed by atoms with Gasteiger partial charge in [-0.2, -0.15) is 0 Å². The molecule has 52 heavy (non-hydrogen) atoms. The van der Waals surface area contributed by atoms with Crippen molar-refractivity contribution in [2.75, 3.05) is 158 Å². The first-order valence-corrected chi connectivity index (χ1v) is 20.0. The second-order valence-corrected chi connectivity index (χ2v) is 12.2. The van der Waals surface area contributed by atoms with Gasteiger partial charge in [0.2, 0.25) is 0 Å². The summed E-state index contributed by atoms with van der Waals surface area (Å²) in [6.07, 6.45) is 10.5. The van der Waals surface area contributed by atoms with Crippen LogP contribution in [0.15, 0.2) is 24.3 Å². The maximum atomic E-state index is 5.78. The van der Waals surface area contributed by atoms with Crippen LogP contribution in [0, 0.1) is 0 Å². The molecular weight excluding hydrogens is 696 g/mol. The van der Waals surface area contributed by atoms with Gasteiger partial charge in [-0.3, -0.25) is 0 Å². The van der Waals surface area contributed by atoms with Gasteiger partial charge in [-0.25, -0.2) is 0 Å². The zero-order valence-corrected chi connectivity index (χ0v) is 33.0. The van der Waals surface area contributed by atoms with E-state index in [2.05, 4.69) is 31.2 Å². The molecule has 13 heteroatoms. The average molecular weight is 767 g/mol. The number of unbranched alkanes of at least 4 members (excludes halogenated alkanes) is 6. The van der Waals surface area contributed by atoms with Crippen molar-refractivity contribution in [2.24, 2.45) is 0 Å². The molecule has 1 aromatic rings. The standard InChI is InChI=1S/C39H71ClO12/c1-2-3-4-5-6-7-8-9-38-10-12-39(13-11-38)52-37-36-51-35-34-50-33-32-49-31-30-48-29-28-47-27-26-46-25-24-45-23-22-44-21-20-43-19-18-42-17-16-41-15-14-40/h10-13H,2-9,14-37H2,1H3. The SMILES string of the molecule is CCCCCCCCCc1ccc(OCCOCCOCCOCCOCCOCCOCCOCCOCCOCCOCCOCCCl)cc1. The molecule has 0 unspecified atom stereocenters. The van der Waals surface area contributed by atoms with Crippen LogP contribution in [0.3, 0.4) is 0 Å². The molecule has 0 radical (unpaired) electrons. The molecule has 0 aliphatic rings. The minimum atomic E-state index is 0.498. The van der Waals surface area contributed by atoms with E-state index in [9.17, 15) is 0 Å². The predicted octanol–water partition coefficient (Wildman–Crippen LogP) is 5.78. The second kappa shape index (κ2) is 42.6. The smallest absolute Gasteiger partial charge is 0.119 e. The molecule has 1 rings (SSSR count). The molecular formula is C39H71ClO12. The van der Waals surface area contributed by atoms with Gasteiger partial charge in [-0.15, -0.1) is 11.6 Å². The van der Waals surface area contributed by atoms with Gasteiger partial charge in [0.1, 0.15) is 12.4 Å². The van der Waals surface area contributed by atoms with Crippen LogP contribution in [0.1, 0.15) is 57.4 Å². The molecule has 0 saturated heterocycles. The van der Waals surface area contributed by atoms with Crippen molar-refractivity contribution in [3.8, 4) is 5.75 Å². The number of hydrogen-bond acceptors (Lipinski definition) is 12. The van der Waals surface area contributed by atoms with E-state index in [0.717, 1.165) is 12.2 Å². The number of hydrogen-bond donors (Lipinski definition) is 0. The lowest BCUT2D eigenvalue weighted by molar-refractivity contribution is -0.0276. The van der Waals surface area contributed by atoms with Crippen LogP contribution < -0.4 is 4.74 Å². The van der Waals surface area contributed by atoms with Crippen molar-refractivity contribution in [2.45, 2.75) is 58.3 Å². The van der Waals surface area contributed by atoms with Crippen LogP contribution in [-0.4, -0.2) is 158 Å². The lowest BCUT2D eigenvalue weighted by Crippen LogP contribution is -2.15. The summed E-state index contributed by atoms with van der Waals surface area (Å²) in [5.41, 5.74) is 1.38. The zero-order chi connectivity index (χ0) is 37.1. The lowest BCUT2D eigenvalue weighted by Gasteiger charge is -2.09. The van der Waals surface area contributed by atoms with E-state index in [1.165, 1.54) is 50.5 Å². The number of aryl methyl sites for hydroxylation is 1. The Labute approximate surface area is 319 Å². The first-order chi connectivity index (χ1) is 25.9. The maximum absolute atomic E-state index is 5.78. The van der Waals surface area contributed by atoms with Crippen molar-refractivity contribution >= 4 is 11.6 Å². The molecule has 0 spiro atoms. The third-order valence-corrected chi connectivity index (χ3v) is 7.58. The van der Waals surface area contributed by atoms with Gasteiger partial charge in [0, 0.05) is 5.88 Å². The largest absolute Gasteiger partial charge is 0.491 e. The van der Waals surface area contributed by atoms with Gasteiger partial charge in [-0.05, 0) is 30.5 Å². The highest BCUT2D eigenvalue weighted by Gasteiger charge is 1.99. The van der Waals surface area contributed by atoms with Crippen molar-refractivity contribution in [3.63, 3.8) is 0 Å². The van der Waals surface area contributed by atoms with E-state index in [0.29, 0.717) is 158 Å². The van der Waals surface area contributed by atoms with Crippen LogP contribution in [0.5, 0.6) is 5.75 Å². The third kappa shape index (κ3) is 37.2. The van der Waals surface area contributed by atoms with Crippen LogP contribution in [0.25, 0.3) is 0 Å². The Balaban J connectivity index is 1.68. The van der Waals surface area contributed by atoms with Crippen LogP contribution >= 0.6 is 11.6 Å². The second-order valence-electron chi connectivity index (χ2n) is 11.8. The Morgan fingerprint density at radius 1 is 0.346 bits per heavy atom. The number of ether oxygens (including phenoxy) is 12. The molecule has 0 saturated carbocycles. The summed E-state index contributed by atoms with van der Waals surface area (Å²) in [5.74, 6) is 1.38. The molecule has 0 aliphatic carbocycles. The average Bonchev–Trinajstić information content (AvgIpc) is 3.16. The van der Waals surface area contributed by atoms with E-state index < -0.39 is 0 Å².